The molecule has 5 heteroatoms. The average Bonchev–Trinajstić information content (AvgIpc) is 2.90. The molecule has 0 aromatic heterocycles. The molecule has 1 unspecified atom stereocenters. The Morgan fingerprint density at radius 3 is 2.44 bits per heavy atom. The third-order valence-electron chi connectivity index (χ3n) is 3.11. The monoisotopic (exact) mass is 254 g/mol. The molecule has 1 atom stereocenters. The van der Waals surface area contributed by atoms with Gasteiger partial charge in [0.2, 0.25) is 5.91 Å². The molecule has 1 saturated carbocycles. The highest BCUT2D eigenvalue weighted by Crippen LogP contribution is 2.23. The SMILES string of the molecule is CC(C)(C)OC(=O)N1CCCC1C(=O)NC1CC1. The molecule has 1 N–H and O–H groups in total. The standard InChI is InChI=1S/C13H22N2O3/c1-13(2,3)18-12(17)15-8-4-5-10(15)11(16)14-9-6-7-9/h9-10H,4-8H2,1-3H3,(H,14,16). The quantitative estimate of drug-likeness (QED) is 0.815. The first kappa shape index (κ1) is 13.2. The first-order valence-electron chi connectivity index (χ1n) is 6.67. The number of hydrogen-bond acceptors (Lipinski definition) is 3. The van der Waals surface area contributed by atoms with E-state index in [1.807, 2.05) is 20.8 Å². The molecule has 0 radical (unpaired) electrons. The number of rotatable bonds is 2. The summed E-state index contributed by atoms with van der Waals surface area (Å²) in [7, 11) is 0. The maximum atomic E-state index is 12.0. The Labute approximate surface area is 108 Å². The maximum absolute atomic E-state index is 12.0. The molecule has 2 rings (SSSR count). The molecule has 5 nitrogen and oxygen atoms in total. The maximum Gasteiger partial charge on any atom is 0.410 e. The molecule has 0 aromatic carbocycles. The van der Waals surface area contributed by atoms with Crippen molar-refractivity contribution in [1.82, 2.24) is 10.2 Å². The Kier molecular flexibility index (Phi) is 3.50. The van der Waals surface area contributed by atoms with Crippen LogP contribution in [-0.2, 0) is 9.53 Å². The smallest absolute Gasteiger partial charge is 0.410 e. The first-order chi connectivity index (χ1) is 8.37. The van der Waals surface area contributed by atoms with Gasteiger partial charge in [-0.15, -0.1) is 0 Å². The average molecular weight is 254 g/mol. The van der Waals surface area contributed by atoms with Crippen molar-refractivity contribution >= 4 is 12.0 Å². The predicted octanol–water partition coefficient (Wildman–Crippen LogP) is 1.66. The number of nitrogens with one attached hydrogen (secondary N) is 1. The van der Waals surface area contributed by atoms with Crippen molar-refractivity contribution in [2.45, 2.75) is 64.1 Å². The van der Waals surface area contributed by atoms with Crippen molar-refractivity contribution in [3.8, 4) is 0 Å². The van der Waals surface area contributed by atoms with E-state index in [-0.39, 0.29) is 18.0 Å². The summed E-state index contributed by atoms with van der Waals surface area (Å²) in [6.45, 7) is 6.11. The van der Waals surface area contributed by atoms with Crippen LogP contribution in [0.4, 0.5) is 4.79 Å². The molecule has 2 amide bonds. The normalized spacial score (nSPS) is 23.9. The van der Waals surface area contributed by atoms with Gasteiger partial charge in [-0.2, -0.15) is 0 Å². The summed E-state index contributed by atoms with van der Waals surface area (Å²) >= 11 is 0. The van der Waals surface area contributed by atoms with E-state index in [0.717, 1.165) is 25.7 Å². The van der Waals surface area contributed by atoms with Crippen LogP contribution in [0.15, 0.2) is 0 Å². The van der Waals surface area contributed by atoms with Crippen LogP contribution in [-0.4, -0.2) is 41.1 Å². The Bertz CT molecular complexity index is 345. The summed E-state index contributed by atoms with van der Waals surface area (Å²) in [6.07, 6.45) is 3.34. The van der Waals surface area contributed by atoms with Gasteiger partial charge >= 0.3 is 6.09 Å². The highest BCUT2D eigenvalue weighted by atomic mass is 16.6. The molecule has 1 heterocycles. The largest absolute Gasteiger partial charge is 0.444 e. The van der Waals surface area contributed by atoms with Crippen molar-refractivity contribution < 1.29 is 14.3 Å². The fourth-order valence-corrected chi connectivity index (χ4v) is 2.10. The lowest BCUT2D eigenvalue weighted by Crippen LogP contribution is -2.48. The van der Waals surface area contributed by atoms with Gasteiger partial charge in [-0.3, -0.25) is 9.69 Å². The summed E-state index contributed by atoms with van der Waals surface area (Å²) < 4.78 is 5.33. The molecule has 2 fully saturated rings. The molecular weight excluding hydrogens is 232 g/mol. The minimum atomic E-state index is -0.517. The number of likely N-dealkylation sites (tertiary alicyclic amines) is 1. The van der Waals surface area contributed by atoms with Crippen molar-refractivity contribution in [3.63, 3.8) is 0 Å². The third-order valence-corrected chi connectivity index (χ3v) is 3.11. The van der Waals surface area contributed by atoms with Gasteiger partial charge in [0.15, 0.2) is 0 Å². The summed E-state index contributed by atoms with van der Waals surface area (Å²) in [5.74, 6) is -0.0270. The number of carbonyl (C=O) groups is 2. The summed E-state index contributed by atoms with van der Waals surface area (Å²) in [4.78, 5) is 25.6. The second-order valence-electron chi connectivity index (χ2n) is 6.11. The lowest BCUT2D eigenvalue weighted by molar-refractivity contribution is -0.125. The van der Waals surface area contributed by atoms with Gasteiger partial charge in [0.25, 0.3) is 0 Å². The van der Waals surface area contributed by atoms with E-state index in [1.54, 1.807) is 4.90 Å². The predicted molar refractivity (Wildman–Crippen MR) is 67.1 cm³/mol. The number of carbonyl (C=O) groups excluding carboxylic acids is 2. The fourth-order valence-electron chi connectivity index (χ4n) is 2.10. The molecule has 18 heavy (non-hydrogen) atoms. The van der Waals surface area contributed by atoms with Gasteiger partial charge in [0.1, 0.15) is 11.6 Å². The van der Waals surface area contributed by atoms with Crippen LogP contribution >= 0.6 is 0 Å². The molecule has 1 aliphatic heterocycles. The van der Waals surface area contributed by atoms with Crippen molar-refractivity contribution in [2.24, 2.45) is 0 Å². The molecule has 0 bridgehead atoms. The number of ether oxygens (including phenoxy) is 1. The third kappa shape index (κ3) is 3.37. The molecule has 1 aliphatic carbocycles. The van der Waals surface area contributed by atoms with E-state index in [0.29, 0.717) is 12.6 Å². The van der Waals surface area contributed by atoms with E-state index in [9.17, 15) is 9.59 Å². The van der Waals surface area contributed by atoms with Gasteiger partial charge in [0.05, 0.1) is 0 Å². The zero-order chi connectivity index (χ0) is 13.3. The van der Waals surface area contributed by atoms with Crippen LogP contribution in [0.1, 0.15) is 46.5 Å². The van der Waals surface area contributed by atoms with Crippen LogP contribution in [0.2, 0.25) is 0 Å². The van der Waals surface area contributed by atoms with Crippen molar-refractivity contribution in [3.05, 3.63) is 0 Å². The van der Waals surface area contributed by atoms with Gasteiger partial charge < -0.3 is 10.1 Å². The van der Waals surface area contributed by atoms with Gasteiger partial charge in [-0.05, 0) is 46.5 Å². The second kappa shape index (κ2) is 4.78. The van der Waals surface area contributed by atoms with Crippen LogP contribution in [0.25, 0.3) is 0 Å². The highest BCUT2D eigenvalue weighted by Gasteiger charge is 2.38. The van der Waals surface area contributed by atoms with Gasteiger partial charge in [-0.25, -0.2) is 4.79 Å². The number of hydrogen-bond donors (Lipinski definition) is 1. The number of amides is 2. The van der Waals surface area contributed by atoms with E-state index < -0.39 is 5.60 Å². The van der Waals surface area contributed by atoms with E-state index in [2.05, 4.69) is 5.32 Å². The Morgan fingerprint density at radius 1 is 1.22 bits per heavy atom. The molecule has 102 valence electrons. The fraction of sp³-hybridized carbons (Fsp3) is 0.846. The van der Waals surface area contributed by atoms with E-state index >= 15 is 0 Å². The Balaban J connectivity index is 1.93. The van der Waals surface area contributed by atoms with Crippen LogP contribution in [0.5, 0.6) is 0 Å². The van der Waals surface area contributed by atoms with Crippen molar-refractivity contribution in [1.29, 1.82) is 0 Å². The second-order valence-corrected chi connectivity index (χ2v) is 6.11. The lowest BCUT2D eigenvalue weighted by atomic mass is 10.2. The van der Waals surface area contributed by atoms with Crippen LogP contribution in [0.3, 0.4) is 0 Å². The van der Waals surface area contributed by atoms with Crippen LogP contribution in [0, 0.1) is 0 Å². The topological polar surface area (TPSA) is 58.6 Å². The van der Waals surface area contributed by atoms with Crippen LogP contribution < -0.4 is 5.32 Å². The summed E-state index contributed by atoms with van der Waals surface area (Å²) in [6, 6.07) is -0.0148. The lowest BCUT2D eigenvalue weighted by Gasteiger charge is -2.28. The minimum Gasteiger partial charge on any atom is -0.444 e. The summed E-state index contributed by atoms with van der Waals surface area (Å²) in [5, 5.41) is 2.96. The molecule has 0 spiro atoms. The molecule has 2 aliphatic rings. The van der Waals surface area contributed by atoms with Gasteiger partial charge in [-0.1, -0.05) is 0 Å². The first-order valence-corrected chi connectivity index (χ1v) is 6.67. The zero-order valence-corrected chi connectivity index (χ0v) is 11.4. The Hall–Kier alpha value is -1.26. The molecule has 1 saturated heterocycles. The van der Waals surface area contributed by atoms with Gasteiger partial charge in [0, 0.05) is 12.6 Å². The highest BCUT2D eigenvalue weighted by molar-refractivity contribution is 5.86. The molecule has 0 aromatic rings. The number of nitrogens with zero attached hydrogens (tertiary/aromatic N) is 1. The van der Waals surface area contributed by atoms with Crippen molar-refractivity contribution in [2.75, 3.05) is 6.54 Å². The summed E-state index contributed by atoms with van der Waals surface area (Å²) in [5.41, 5.74) is -0.517. The zero-order valence-electron chi connectivity index (χ0n) is 11.4. The minimum absolute atomic E-state index is 0.0270. The Morgan fingerprint density at radius 2 is 1.89 bits per heavy atom. The molecular formula is C13H22N2O3. The van der Waals surface area contributed by atoms with E-state index in [4.69, 9.17) is 4.74 Å². The van der Waals surface area contributed by atoms with E-state index in [1.165, 1.54) is 0 Å².